The first-order valence-corrected chi connectivity index (χ1v) is 8.38. The van der Waals surface area contributed by atoms with Gasteiger partial charge in [0, 0.05) is 27.2 Å². The second-order valence-corrected chi connectivity index (χ2v) is 5.47. The van der Waals surface area contributed by atoms with Gasteiger partial charge in [0.25, 0.3) is 5.91 Å². The van der Waals surface area contributed by atoms with E-state index in [0.717, 1.165) is 11.4 Å². The minimum Gasteiger partial charge on any atom is -0.484 e. The summed E-state index contributed by atoms with van der Waals surface area (Å²) in [6, 6.07) is 7.58. The summed E-state index contributed by atoms with van der Waals surface area (Å²) >= 11 is 0. The van der Waals surface area contributed by atoms with Crippen LogP contribution in [0.3, 0.4) is 0 Å². The lowest BCUT2D eigenvalue weighted by Crippen LogP contribution is -2.36. The van der Waals surface area contributed by atoms with E-state index in [4.69, 9.17) is 4.74 Å². The molecule has 0 atom stereocenters. The summed E-state index contributed by atoms with van der Waals surface area (Å²) in [6.07, 6.45) is 1.51. The van der Waals surface area contributed by atoms with Crippen molar-refractivity contribution in [3.05, 3.63) is 42.0 Å². The molecule has 0 bridgehead atoms. The van der Waals surface area contributed by atoms with Crippen LogP contribution in [0.5, 0.6) is 5.75 Å². The van der Waals surface area contributed by atoms with Crippen LogP contribution < -0.4 is 20.7 Å². The third-order valence-corrected chi connectivity index (χ3v) is 3.54. The van der Waals surface area contributed by atoms with E-state index in [9.17, 15) is 4.79 Å². The first-order chi connectivity index (χ1) is 12.6. The van der Waals surface area contributed by atoms with Gasteiger partial charge >= 0.3 is 0 Å². The molecule has 1 aromatic heterocycles. The van der Waals surface area contributed by atoms with Crippen molar-refractivity contribution in [1.29, 1.82) is 0 Å². The molecule has 1 amide bonds. The number of carbonyl (C=O) groups is 1. The average Bonchev–Trinajstić information content (AvgIpc) is 3.06. The normalized spacial score (nSPS) is 11.1. The number of carbonyl (C=O) groups excluding carboxylic acids is 1. The molecule has 2 aromatic rings. The molecule has 9 nitrogen and oxygen atoms in total. The summed E-state index contributed by atoms with van der Waals surface area (Å²) in [5.74, 6) is 1.98. The standard InChI is InChI=1S/C17H25N7O2/c1-4-19-16(25)11-26-14-7-5-6-13(8-14)9-20-17(18-2)21-10-15-22-12-23-24(15)3/h5-8,12H,4,9-11H2,1-3H3,(H,19,25)(H2,18,20,21). The van der Waals surface area contributed by atoms with Gasteiger partial charge in [0.2, 0.25) is 0 Å². The van der Waals surface area contributed by atoms with Gasteiger partial charge in [-0.2, -0.15) is 5.10 Å². The third-order valence-electron chi connectivity index (χ3n) is 3.54. The van der Waals surface area contributed by atoms with Crippen LogP contribution >= 0.6 is 0 Å². The topological polar surface area (TPSA) is 105 Å². The zero-order valence-corrected chi connectivity index (χ0v) is 15.3. The van der Waals surface area contributed by atoms with Gasteiger partial charge in [0.05, 0.1) is 6.54 Å². The summed E-state index contributed by atoms with van der Waals surface area (Å²) in [7, 11) is 3.55. The molecule has 0 fully saturated rings. The summed E-state index contributed by atoms with van der Waals surface area (Å²) in [4.78, 5) is 19.8. The molecular weight excluding hydrogens is 334 g/mol. The van der Waals surface area contributed by atoms with Crippen molar-refractivity contribution in [3.8, 4) is 5.75 Å². The number of likely N-dealkylation sites (N-methyl/N-ethyl adjacent to an activating group) is 1. The van der Waals surface area contributed by atoms with Crippen molar-refractivity contribution >= 4 is 11.9 Å². The second kappa shape index (κ2) is 10.0. The molecule has 0 aliphatic rings. The molecule has 0 aliphatic heterocycles. The first-order valence-electron chi connectivity index (χ1n) is 8.38. The minimum atomic E-state index is -0.135. The number of rotatable bonds is 8. The van der Waals surface area contributed by atoms with E-state index >= 15 is 0 Å². The van der Waals surface area contributed by atoms with Crippen molar-refractivity contribution in [2.24, 2.45) is 12.0 Å². The Morgan fingerprint density at radius 2 is 2.08 bits per heavy atom. The highest BCUT2D eigenvalue weighted by atomic mass is 16.5. The zero-order valence-electron chi connectivity index (χ0n) is 15.3. The molecule has 0 unspecified atom stereocenters. The molecule has 1 aromatic carbocycles. The van der Waals surface area contributed by atoms with Crippen molar-refractivity contribution < 1.29 is 9.53 Å². The van der Waals surface area contributed by atoms with Crippen LogP contribution in [0.1, 0.15) is 18.3 Å². The van der Waals surface area contributed by atoms with Crippen molar-refractivity contribution in [2.45, 2.75) is 20.0 Å². The highest BCUT2D eigenvalue weighted by molar-refractivity contribution is 5.79. The smallest absolute Gasteiger partial charge is 0.257 e. The molecule has 0 radical (unpaired) electrons. The molecule has 140 valence electrons. The van der Waals surface area contributed by atoms with E-state index in [1.807, 2.05) is 38.2 Å². The van der Waals surface area contributed by atoms with Crippen molar-refractivity contribution in [1.82, 2.24) is 30.7 Å². The minimum absolute atomic E-state index is 0.00560. The van der Waals surface area contributed by atoms with Crippen molar-refractivity contribution in [3.63, 3.8) is 0 Å². The number of hydrogen-bond acceptors (Lipinski definition) is 5. The van der Waals surface area contributed by atoms with Gasteiger partial charge < -0.3 is 20.7 Å². The van der Waals surface area contributed by atoms with Gasteiger partial charge in [0.1, 0.15) is 17.9 Å². The molecular formula is C17H25N7O2. The number of nitrogens with one attached hydrogen (secondary N) is 3. The van der Waals surface area contributed by atoms with E-state index in [-0.39, 0.29) is 12.5 Å². The maximum absolute atomic E-state index is 11.5. The molecule has 1 heterocycles. The van der Waals surface area contributed by atoms with Crippen LogP contribution in [0, 0.1) is 0 Å². The van der Waals surface area contributed by atoms with Crippen LogP contribution in [-0.2, 0) is 24.9 Å². The van der Waals surface area contributed by atoms with E-state index in [2.05, 4.69) is 31.0 Å². The lowest BCUT2D eigenvalue weighted by Gasteiger charge is -2.12. The largest absolute Gasteiger partial charge is 0.484 e. The molecule has 0 saturated heterocycles. The number of aliphatic imine (C=N–C) groups is 1. The van der Waals surface area contributed by atoms with Gasteiger partial charge in [-0.05, 0) is 24.6 Å². The Kier molecular flexibility index (Phi) is 7.41. The number of aromatic nitrogens is 3. The summed E-state index contributed by atoms with van der Waals surface area (Å²) in [5, 5.41) is 13.1. The average molecular weight is 359 g/mol. The maximum Gasteiger partial charge on any atom is 0.257 e. The molecule has 26 heavy (non-hydrogen) atoms. The van der Waals surface area contributed by atoms with Gasteiger partial charge in [-0.1, -0.05) is 12.1 Å². The van der Waals surface area contributed by atoms with E-state index < -0.39 is 0 Å². The molecule has 9 heteroatoms. The van der Waals surface area contributed by atoms with Gasteiger partial charge in [-0.15, -0.1) is 0 Å². The molecule has 0 aliphatic carbocycles. The number of aryl methyl sites for hydroxylation is 1. The maximum atomic E-state index is 11.5. The lowest BCUT2D eigenvalue weighted by molar-refractivity contribution is -0.122. The van der Waals surface area contributed by atoms with E-state index in [1.165, 1.54) is 6.33 Å². The Bertz CT molecular complexity index is 742. The van der Waals surface area contributed by atoms with Crippen LogP contribution in [0.25, 0.3) is 0 Å². The van der Waals surface area contributed by atoms with E-state index in [0.29, 0.717) is 31.3 Å². The fourth-order valence-electron chi connectivity index (χ4n) is 2.19. The Labute approximate surface area is 152 Å². The fourth-order valence-corrected chi connectivity index (χ4v) is 2.19. The zero-order chi connectivity index (χ0) is 18.8. The number of guanidine groups is 1. The number of benzene rings is 1. The highest BCUT2D eigenvalue weighted by Crippen LogP contribution is 2.13. The van der Waals surface area contributed by atoms with E-state index in [1.54, 1.807) is 11.7 Å². The van der Waals surface area contributed by atoms with Crippen LogP contribution in [-0.4, -0.2) is 46.8 Å². The number of hydrogen-bond donors (Lipinski definition) is 3. The van der Waals surface area contributed by atoms with Crippen molar-refractivity contribution in [2.75, 3.05) is 20.2 Å². The SMILES string of the molecule is CCNC(=O)COc1cccc(CNC(=NC)NCc2ncnn2C)c1. The van der Waals surface area contributed by atoms with Gasteiger partial charge in [0.15, 0.2) is 12.6 Å². The Balaban J connectivity index is 1.82. The molecule has 0 spiro atoms. The summed E-state index contributed by atoms with van der Waals surface area (Å²) < 4.78 is 7.20. The first kappa shape index (κ1) is 19.2. The van der Waals surface area contributed by atoms with Gasteiger partial charge in [-0.25, -0.2) is 4.98 Å². The summed E-state index contributed by atoms with van der Waals surface area (Å²) in [5.41, 5.74) is 1.01. The Morgan fingerprint density at radius 3 is 2.77 bits per heavy atom. The number of nitrogens with zero attached hydrogens (tertiary/aromatic N) is 4. The van der Waals surface area contributed by atoms with Crippen LogP contribution in [0.4, 0.5) is 0 Å². The lowest BCUT2D eigenvalue weighted by atomic mass is 10.2. The van der Waals surface area contributed by atoms with Crippen LogP contribution in [0.2, 0.25) is 0 Å². The van der Waals surface area contributed by atoms with Crippen LogP contribution in [0.15, 0.2) is 35.6 Å². The molecule has 3 N–H and O–H groups in total. The quantitative estimate of drug-likeness (QED) is 0.459. The second-order valence-electron chi connectivity index (χ2n) is 5.47. The fraction of sp³-hybridized carbons (Fsp3) is 0.412. The summed E-state index contributed by atoms with van der Waals surface area (Å²) in [6.45, 7) is 3.55. The predicted octanol–water partition coefficient (Wildman–Crippen LogP) is 0.195. The third kappa shape index (κ3) is 6.08. The molecule has 0 saturated carbocycles. The number of ether oxygens (including phenoxy) is 1. The predicted molar refractivity (Wildman–Crippen MR) is 98.7 cm³/mol. The highest BCUT2D eigenvalue weighted by Gasteiger charge is 2.05. The number of amides is 1. The Morgan fingerprint density at radius 1 is 1.27 bits per heavy atom. The monoisotopic (exact) mass is 359 g/mol. The molecule has 2 rings (SSSR count). The Hall–Kier alpha value is -3.10. The van der Waals surface area contributed by atoms with Gasteiger partial charge in [-0.3, -0.25) is 14.5 Å².